The number of allylic oxidation sites excluding steroid dienone is 3. The Hall–Kier alpha value is -0.720. The SMILES string of the molecule is C=C/C=C(\CC)N[C@@H](C)CC. The molecule has 0 bridgehead atoms. The van der Waals surface area contributed by atoms with Crippen molar-refractivity contribution in [2.45, 2.75) is 39.7 Å². The molecular weight excluding hydrogens is 134 g/mol. The summed E-state index contributed by atoms with van der Waals surface area (Å²) in [4.78, 5) is 0. The zero-order chi connectivity index (χ0) is 8.69. The van der Waals surface area contributed by atoms with Gasteiger partial charge in [0.15, 0.2) is 0 Å². The molecule has 0 radical (unpaired) electrons. The highest BCUT2D eigenvalue weighted by Crippen LogP contribution is 1.99. The van der Waals surface area contributed by atoms with Crippen molar-refractivity contribution in [3.63, 3.8) is 0 Å². The van der Waals surface area contributed by atoms with Crippen LogP contribution in [0.5, 0.6) is 0 Å². The summed E-state index contributed by atoms with van der Waals surface area (Å²) < 4.78 is 0. The molecule has 0 saturated heterocycles. The maximum Gasteiger partial charge on any atom is 0.0227 e. The zero-order valence-electron chi connectivity index (χ0n) is 7.85. The van der Waals surface area contributed by atoms with E-state index in [0.29, 0.717) is 6.04 Å². The largest absolute Gasteiger partial charge is 0.386 e. The van der Waals surface area contributed by atoms with E-state index < -0.39 is 0 Å². The monoisotopic (exact) mass is 153 g/mol. The van der Waals surface area contributed by atoms with Gasteiger partial charge in [-0.3, -0.25) is 0 Å². The molecule has 0 saturated carbocycles. The van der Waals surface area contributed by atoms with E-state index in [9.17, 15) is 0 Å². The molecule has 1 heteroatoms. The van der Waals surface area contributed by atoms with Gasteiger partial charge in [-0.1, -0.05) is 26.5 Å². The Morgan fingerprint density at radius 2 is 2.18 bits per heavy atom. The van der Waals surface area contributed by atoms with Gasteiger partial charge in [0.2, 0.25) is 0 Å². The van der Waals surface area contributed by atoms with Gasteiger partial charge in [0.1, 0.15) is 0 Å². The van der Waals surface area contributed by atoms with Gasteiger partial charge in [0, 0.05) is 11.7 Å². The molecule has 0 aromatic heterocycles. The van der Waals surface area contributed by atoms with Gasteiger partial charge in [-0.2, -0.15) is 0 Å². The number of rotatable bonds is 5. The predicted molar refractivity (Wildman–Crippen MR) is 51.5 cm³/mol. The van der Waals surface area contributed by atoms with Gasteiger partial charge in [0.25, 0.3) is 0 Å². The van der Waals surface area contributed by atoms with Crippen molar-refractivity contribution in [1.29, 1.82) is 0 Å². The Morgan fingerprint density at radius 1 is 1.55 bits per heavy atom. The van der Waals surface area contributed by atoms with Crippen LogP contribution in [0, 0.1) is 0 Å². The van der Waals surface area contributed by atoms with E-state index >= 15 is 0 Å². The van der Waals surface area contributed by atoms with E-state index in [4.69, 9.17) is 0 Å². The Morgan fingerprint density at radius 3 is 2.55 bits per heavy atom. The lowest BCUT2D eigenvalue weighted by Crippen LogP contribution is -2.23. The predicted octanol–water partition coefficient (Wildman–Crippen LogP) is 2.85. The first-order valence-corrected chi connectivity index (χ1v) is 4.32. The standard InChI is InChI=1S/C10H19N/c1-5-8-10(7-3)11-9(4)6-2/h5,8-9,11H,1,6-7H2,2-4H3/b10-8+/t9-/m0/s1. The molecule has 0 aromatic rings. The maximum absolute atomic E-state index is 3.67. The third-order valence-electron chi connectivity index (χ3n) is 1.74. The molecule has 1 N–H and O–H groups in total. The molecule has 0 rings (SSSR count). The van der Waals surface area contributed by atoms with Crippen molar-refractivity contribution >= 4 is 0 Å². The zero-order valence-corrected chi connectivity index (χ0v) is 7.85. The normalized spacial score (nSPS) is 14.3. The first kappa shape index (κ1) is 10.3. The average molecular weight is 153 g/mol. The lowest BCUT2D eigenvalue weighted by molar-refractivity contribution is 0.584. The molecule has 0 aliphatic heterocycles. The van der Waals surface area contributed by atoms with Crippen LogP contribution in [-0.2, 0) is 0 Å². The van der Waals surface area contributed by atoms with Crippen LogP contribution in [0.1, 0.15) is 33.6 Å². The van der Waals surface area contributed by atoms with Crippen molar-refractivity contribution in [1.82, 2.24) is 5.32 Å². The minimum absolute atomic E-state index is 0.571. The second-order valence-corrected chi connectivity index (χ2v) is 2.73. The minimum atomic E-state index is 0.571. The van der Waals surface area contributed by atoms with E-state index in [2.05, 4.69) is 32.7 Å². The van der Waals surface area contributed by atoms with Crippen LogP contribution in [0.2, 0.25) is 0 Å². The van der Waals surface area contributed by atoms with Crippen molar-refractivity contribution in [2.24, 2.45) is 0 Å². The quantitative estimate of drug-likeness (QED) is 0.599. The number of hydrogen-bond acceptors (Lipinski definition) is 1. The lowest BCUT2D eigenvalue weighted by Gasteiger charge is -2.14. The molecule has 1 atom stereocenters. The van der Waals surface area contributed by atoms with Gasteiger partial charge in [-0.05, 0) is 25.8 Å². The molecule has 0 unspecified atom stereocenters. The fourth-order valence-corrected chi connectivity index (χ4v) is 0.829. The molecule has 0 amide bonds. The summed E-state index contributed by atoms with van der Waals surface area (Å²) in [7, 11) is 0. The molecule has 1 nitrogen and oxygen atoms in total. The maximum atomic E-state index is 3.67. The molecule has 64 valence electrons. The molecule has 0 aliphatic carbocycles. The van der Waals surface area contributed by atoms with Crippen LogP contribution in [0.15, 0.2) is 24.4 Å². The summed E-state index contributed by atoms with van der Waals surface area (Å²) >= 11 is 0. The summed E-state index contributed by atoms with van der Waals surface area (Å²) in [5, 5.41) is 3.41. The fourth-order valence-electron chi connectivity index (χ4n) is 0.829. The second-order valence-electron chi connectivity index (χ2n) is 2.73. The van der Waals surface area contributed by atoms with Crippen LogP contribution in [0.4, 0.5) is 0 Å². The third kappa shape index (κ3) is 4.65. The lowest BCUT2D eigenvalue weighted by atomic mass is 10.2. The summed E-state index contributed by atoms with van der Waals surface area (Å²) in [6.45, 7) is 10.2. The van der Waals surface area contributed by atoms with E-state index in [1.807, 2.05) is 12.2 Å². The van der Waals surface area contributed by atoms with E-state index in [1.54, 1.807) is 0 Å². The molecule has 0 aliphatic rings. The molecule has 0 heterocycles. The summed E-state index contributed by atoms with van der Waals surface area (Å²) in [5.41, 5.74) is 1.27. The first-order valence-electron chi connectivity index (χ1n) is 4.32. The molecule has 0 aromatic carbocycles. The Kier molecular flexibility index (Phi) is 5.63. The van der Waals surface area contributed by atoms with Crippen LogP contribution in [-0.4, -0.2) is 6.04 Å². The Bertz CT molecular complexity index is 136. The Balaban J connectivity index is 3.87. The first-order chi connectivity index (χ1) is 5.24. The summed E-state index contributed by atoms with van der Waals surface area (Å²) in [6, 6.07) is 0.571. The highest BCUT2D eigenvalue weighted by Gasteiger charge is 1.97. The Labute approximate surface area is 70.2 Å². The second kappa shape index (κ2) is 6.02. The third-order valence-corrected chi connectivity index (χ3v) is 1.74. The van der Waals surface area contributed by atoms with Crippen LogP contribution >= 0.6 is 0 Å². The highest BCUT2D eigenvalue weighted by molar-refractivity contribution is 5.08. The fraction of sp³-hybridized carbons (Fsp3) is 0.600. The van der Waals surface area contributed by atoms with Crippen LogP contribution < -0.4 is 5.32 Å². The molecule has 0 fully saturated rings. The van der Waals surface area contributed by atoms with Gasteiger partial charge in [-0.25, -0.2) is 0 Å². The van der Waals surface area contributed by atoms with E-state index in [-0.39, 0.29) is 0 Å². The van der Waals surface area contributed by atoms with Crippen LogP contribution in [0.3, 0.4) is 0 Å². The average Bonchev–Trinajstić information content (AvgIpc) is 2.03. The topological polar surface area (TPSA) is 12.0 Å². The molecule has 0 spiro atoms. The van der Waals surface area contributed by atoms with Crippen LogP contribution in [0.25, 0.3) is 0 Å². The van der Waals surface area contributed by atoms with Crippen molar-refractivity contribution < 1.29 is 0 Å². The van der Waals surface area contributed by atoms with E-state index in [1.165, 1.54) is 5.70 Å². The van der Waals surface area contributed by atoms with Gasteiger partial charge in [-0.15, -0.1) is 0 Å². The highest BCUT2D eigenvalue weighted by atomic mass is 14.9. The summed E-state index contributed by atoms with van der Waals surface area (Å²) in [5.74, 6) is 0. The summed E-state index contributed by atoms with van der Waals surface area (Å²) in [6.07, 6.45) is 6.07. The number of nitrogens with one attached hydrogen (secondary N) is 1. The van der Waals surface area contributed by atoms with Crippen molar-refractivity contribution in [3.8, 4) is 0 Å². The van der Waals surface area contributed by atoms with E-state index in [0.717, 1.165) is 12.8 Å². The molecular formula is C10H19N. The van der Waals surface area contributed by atoms with Gasteiger partial charge < -0.3 is 5.32 Å². The van der Waals surface area contributed by atoms with Gasteiger partial charge in [0.05, 0.1) is 0 Å². The van der Waals surface area contributed by atoms with Gasteiger partial charge >= 0.3 is 0 Å². The van der Waals surface area contributed by atoms with Crippen molar-refractivity contribution in [2.75, 3.05) is 0 Å². The van der Waals surface area contributed by atoms with Crippen molar-refractivity contribution in [3.05, 3.63) is 24.4 Å². The number of hydrogen-bond donors (Lipinski definition) is 1. The smallest absolute Gasteiger partial charge is 0.0227 e. The minimum Gasteiger partial charge on any atom is -0.386 e. The molecule has 11 heavy (non-hydrogen) atoms.